The van der Waals surface area contributed by atoms with Crippen LogP contribution in [0.1, 0.15) is 15.9 Å². The van der Waals surface area contributed by atoms with E-state index in [1.54, 1.807) is 31.2 Å². The Morgan fingerprint density at radius 3 is 2.58 bits per heavy atom. The zero-order valence-corrected chi connectivity index (χ0v) is 12.7. The van der Waals surface area contributed by atoms with Gasteiger partial charge in [-0.25, -0.2) is 0 Å². The molecule has 0 unspecified atom stereocenters. The summed E-state index contributed by atoms with van der Waals surface area (Å²) in [6.45, 7) is 1.30. The fraction of sp³-hybridized carbons (Fsp3) is 0.133. The molecule has 0 radical (unpaired) electrons. The number of amides is 2. The Balaban J connectivity index is 2.33. The Morgan fingerprint density at radius 1 is 1.33 bits per heavy atom. The van der Waals surface area contributed by atoms with Crippen LogP contribution in [-0.4, -0.2) is 21.3 Å². The lowest BCUT2D eigenvalue weighted by Gasteiger charge is -2.10. The molecule has 2 aromatic rings. The largest absolute Gasteiger partial charge is 0.365 e. The molecule has 0 atom stereocenters. The van der Waals surface area contributed by atoms with Crippen LogP contribution in [0.4, 0.5) is 11.4 Å². The molecule has 9 heteroatoms. The van der Waals surface area contributed by atoms with Gasteiger partial charge in [-0.05, 0) is 18.6 Å². The fourth-order valence-corrected chi connectivity index (χ4v) is 2.07. The van der Waals surface area contributed by atoms with E-state index in [9.17, 15) is 24.5 Å². The third-order valence-corrected chi connectivity index (χ3v) is 3.28. The van der Waals surface area contributed by atoms with E-state index >= 15 is 0 Å². The topological polar surface area (TPSA) is 137 Å². The molecule has 0 aliphatic carbocycles. The Labute approximate surface area is 135 Å². The van der Waals surface area contributed by atoms with E-state index in [4.69, 9.17) is 5.73 Å². The van der Waals surface area contributed by atoms with Gasteiger partial charge < -0.3 is 11.1 Å². The summed E-state index contributed by atoms with van der Waals surface area (Å²) in [6.07, 6.45) is 0.895. The lowest BCUT2D eigenvalue weighted by molar-refractivity contribution is -0.385. The number of aromatic nitrogens is 1. The summed E-state index contributed by atoms with van der Waals surface area (Å²) in [7, 11) is 0. The number of primary amides is 1. The molecule has 0 saturated carbocycles. The normalized spacial score (nSPS) is 10.2. The molecular weight excluding hydrogens is 316 g/mol. The minimum Gasteiger partial charge on any atom is -0.365 e. The minimum atomic E-state index is -1.10. The summed E-state index contributed by atoms with van der Waals surface area (Å²) in [4.78, 5) is 45.6. The highest BCUT2D eigenvalue weighted by molar-refractivity contribution is 5.93. The van der Waals surface area contributed by atoms with Crippen molar-refractivity contribution in [3.63, 3.8) is 0 Å². The highest BCUT2D eigenvalue weighted by atomic mass is 16.6. The van der Waals surface area contributed by atoms with Crippen LogP contribution in [0.5, 0.6) is 0 Å². The fourth-order valence-electron chi connectivity index (χ4n) is 2.07. The quantitative estimate of drug-likeness (QED) is 0.617. The lowest BCUT2D eigenvalue weighted by Crippen LogP contribution is -2.33. The van der Waals surface area contributed by atoms with Crippen molar-refractivity contribution in [2.75, 3.05) is 5.32 Å². The van der Waals surface area contributed by atoms with Gasteiger partial charge >= 0.3 is 0 Å². The number of para-hydroxylation sites is 1. The van der Waals surface area contributed by atoms with Gasteiger partial charge in [-0.2, -0.15) is 0 Å². The van der Waals surface area contributed by atoms with Gasteiger partial charge in [0.15, 0.2) is 0 Å². The van der Waals surface area contributed by atoms with Gasteiger partial charge in [0.25, 0.3) is 17.2 Å². The number of nitrogens with two attached hydrogens (primary N) is 1. The number of carbonyl (C=O) groups is 2. The molecule has 24 heavy (non-hydrogen) atoms. The molecule has 9 nitrogen and oxygen atoms in total. The molecule has 0 aliphatic heterocycles. The molecule has 0 spiro atoms. The third kappa shape index (κ3) is 3.64. The number of benzene rings is 1. The zero-order valence-electron chi connectivity index (χ0n) is 12.7. The van der Waals surface area contributed by atoms with Gasteiger partial charge in [0, 0.05) is 11.8 Å². The van der Waals surface area contributed by atoms with Crippen LogP contribution in [0.2, 0.25) is 0 Å². The number of rotatable bonds is 5. The number of nitrogens with zero attached hydrogens (tertiary/aromatic N) is 2. The van der Waals surface area contributed by atoms with Crippen molar-refractivity contribution in [2.24, 2.45) is 5.73 Å². The Hall–Kier alpha value is -3.49. The van der Waals surface area contributed by atoms with Crippen molar-refractivity contribution in [3.05, 3.63) is 68.1 Å². The minimum absolute atomic E-state index is 0.491. The number of aryl methyl sites for hydroxylation is 1. The summed E-state index contributed by atoms with van der Waals surface area (Å²) < 4.78 is 0.784. The number of nitrogens with one attached hydrogen (secondary N) is 1. The highest BCUT2D eigenvalue weighted by Crippen LogP contribution is 2.14. The standard InChI is InChI=1S/C15H14N4O5/c1-9-4-2-3-5-12(9)17-13(20)8-18-7-10(19(23)24)6-11(14(16)21)15(18)22/h2-7H,8H2,1H3,(H2,16,21)(H,17,20). The average molecular weight is 330 g/mol. The summed E-state index contributed by atoms with van der Waals surface area (Å²) in [5.74, 6) is -1.67. The van der Waals surface area contributed by atoms with Crippen molar-refractivity contribution in [1.29, 1.82) is 0 Å². The van der Waals surface area contributed by atoms with Gasteiger partial charge in [0.05, 0.1) is 11.1 Å². The maximum absolute atomic E-state index is 12.1. The van der Waals surface area contributed by atoms with Crippen LogP contribution in [0.25, 0.3) is 0 Å². The van der Waals surface area contributed by atoms with E-state index in [0.29, 0.717) is 5.69 Å². The molecule has 1 aromatic carbocycles. The molecule has 2 rings (SSSR count). The number of pyridine rings is 1. The zero-order chi connectivity index (χ0) is 17.9. The van der Waals surface area contributed by atoms with E-state index in [2.05, 4.69) is 5.32 Å². The highest BCUT2D eigenvalue weighted by Gasteiger charge is 2.18. The summed E-state index contributed by atoms with van der Waals surface area (Å²) in [5.41, 5.74) is 4.50. The maximum atomic E-state index is 12.1. The first-order valence-corrected chi connectivity index (χ1v) is 6.83. The van der Waals surface area contributed by atoms with Crippen LogP contribution < -0.4 is 16.6 Å². The van der Waals surface area contributed by atoms with Crippen LogP contribution in [0, 0.1) is 17.0 Å². The second-order valence-corrected chi connectivity index (χ2v) is 5.03. The molecule has 0 fully saturated rings. The van der Waals surface area contributed by atoms with Crippen LogP contribution in [0.3, 0.4) is 0 Å². The molecule has 0 saturated heterocycles. The van der Waals surface area contributed by atoms with E-state index in [-0.39, 0.29) is 0 Å². The van der Waals surface area contributed by atoms with E-state index in [1.807, 2.05) is 0 Å². The Morgan fingerprint density at radius 2 is 2.00 bits per heavy atom. The van der Waals surface area contributed by atoms with E-state index < -0.39 is 40.1 Å². The molecular formula is C15H14N4O5. The third-order valence-electron chi connectivity index (χ3n) is 3.28. The number of hydrogen-bond donors (Lipinski definition) is 2. The monoisotopic (exact) mass is 330 g/mol. The van der Waals surface area contributed by atoms with Gasteiger partial charge in [0.2, 0.25) is 5.91 Å². The average Bonchev–Trinajstić information content (AvgIpc) is 2.51. The number of nitro groups is 1. The van der Waals surface area contributed by atoms with Gasteiger partial charge in [-0.1, -0.05) is 18.2 Å². The van der Waals surface area contributed by atoms with Crippen LogP contribution in [0.15, 0.2) is 41.3 Å². The van der Waals surface area contributed by atoms with Crippen molar-refractivity contribution in [3.8, 4) is 0 Å². The first-order chi connectivity index (χ1) is 11.3. The van der Waals surface area contributed by atoms with E-state index in [1.165, 1.54) is 0 Å². The second-order valence-electron chi connectivity index (χ2n) is 5.03. The second kappa shape index (κ2) is 6.73. The van der Waals surface area contributed by atoms with Crippen LogP contribution in [-0.2, 0) is 11.3 Å². The maximum Gasteiger partial charge on any atom is 0.286 e. The number of carbonyl (C=O) groups excluding carboxylic acids is 2. The Bertz CT molecular complexity index is 888. The van der Waals surface area contributed by atoms with Crippen molar-refractivity contribution in [2.45, 2.75) is 13.5 Å². The van der Waals surface area contributed by atoms with Gasteiger partial charge in [-0.3, -0.25) is 29.1 Å². The molecule has 2 amide bonds. The van der Waals surface area contributed by atoms with Gasteiger partial charge in [-0.15, -0.1) is 0 Å². The SMILES string of the molecule is Cc1ccccc1NC(=O)Cn1cc([N+](=O)[O-])cc(C(N)=O)c1=O. The smallest absolute Gasteiger partial charge is 0.286 e. The van der Waals surface area contributed by atoms with Crippen molar-refractivity contribution in [1.82, 2.24) is 4.57 Å². The summed E-state index contributed by atoms with van der Waals surface area (Å²) in [6, 6.07) is 7.79. The van der Waals surface area contributed by atoms with Crippen molar-refractivity contribution < 1.29 is 14.5 Å². The summed E-state index contributed by atoms with van der Waals surface area (Å²) in [5, 5.41) is 13.5. The molecule has 3 N–H and O–H groups in total. The number of hydrogen-bond acceptors (Lipinski definition) is 5. The predicted molar refractivity (Wildman–Crippen MR) is 85.7 cm³/mol. The lowest BCUT2D eigenvalue weighted by atomic mass is 10.2. The van der Waals surface area contributed by atoms with Crippen molar-refractivity contribution >= 4 is 23.2 Å². The first kappa shape index (κ1) is 16.9. The predicted octanol–water partition coefficient (Wildman–Crippen LogP) is 0.803. The summed E-state index contributed by atoms with van der Waals surface area (Å²) >= 11 is 0. The molecule has 1 heterocycles. The van der Waals surface area contributed by atoms with Gasteiger partial charge in [0.1, 0.15) is 12.1 Å². The Kier molecular flexibility index (Phi) is 4.73. The molecule has 124 valence electrons. The molecule has 0 bridgehead atoms. The van der Waals surface area contributed by atoms with E-state index in [0.717, 1.165) is 22.4 Å². The number of anilines is 1. The first-order valence-electron chi connectivity index (χ1n) is 6.83. The molecule has 1 aromatic heterocycles. The molecule has 0 aliphatic rings. The van der Waals surface area contributed by atoms with Crippen LogP contribution >= 0.6 is 0 Å².